The lowest BCUT2D eigenvalue weighted by molar-refractivity contribution is 0.136. The summed E-state index contributed by atoms with van der Waals surface area (Å²) in [4.78, 5) is 0. The number of hydrogen-bond donors (Lipinski definition) is 0. The van der Waals surface area contributed by atoms with E-state index in [0.717, 1.165) is 25.7 Å². The maximum absolute atomic E-state index is 12.6. The molecule has 0 amide bonds. The topological polar surface area (TPSA) is 0 Å². The molecule has 3 aliphatic rings. The fraction of sp³-hybridized carbons (Fsp3) is 0.611. The highest BCUT2D eigenvalue weighted by Crippen LogP contribution is 2.69. The summed E-state index contributed by atoms with van der Waals surface area (Å²) in [5.41, 5.74) is 2.94. The molecule has 1 saturated carbocycles. The number of allylic oxidation sites excluding steroid dienone is 6. The minimum atomic E-state index is -2.20. The van der Waals surface area contributed by atoms with Crippen molar-refractivity contribution in [2.45, 2.75) is 51.9 Å². The van der Waals surface area contributed by atoms with Crippen molar-refractivity contribution in [2.75, 3.05) is 0 Å². The highest BCUT2D eigenvalue weighted by molar-refractivity contribution is 7.79. The molecule has 0 aromatic heterocycles. The molecule has 3 unspecified atom stereocenters. The molecule has 0 heterocycles. The summed E-state index contributed by atoms with van der Waals surface area (Å²) in [6.45, 7) is 2.20. The van der Waals surface area contributed by atoms with Crippen LogP contribution in [0.25, 0.3) is 0 Å². The van der Waals surface area contributed by atoms with E-state index in [1.165, 1.54) is 11.1 Å². The SMILES string of the molecule is CC1(C=S)CC(CCC(F)F)=C2CC2(C2C=CC=CC2)C1. The number of thiocarbonyl (C=S) groups is 1. The lowest BCUT2D eigenvalue weighted by atomic mass is 9.66. The van der Waals surface area contributed by atoms with Crippen LogP contribution in [-0.2, 0) is 0 Å². The van der Waals surface area contributed by atoms with E-state index >= 15 is 0 Å². The molecule has 3 atom stereocenters. The van der Waals surface area contributed by atoms with E-state index in [0.29, 0.717) is 12.3 Å². The van der Waals surface area contributed by atoms with Gasteiger partial charge in [0.05, 0.1) is 0 Å². The molecule has 3 aliphatic carbocycles. The zero-order valence-corrected chi connectivity index (χ0v) is 13.3. The summed E-state index contributed by atoms with van der Waals surface area (Å²) in [6, 6.07) is 0. The zero-order valence-electron chi connectivity index (χ0n) is 12.4. The molecule has 0 aromatic carbocycles. The third-order valence-corrected chi connectivity index (χ3v) is 5.94. The van der Waals surface area contributed by atoms with Crippen LogP contribution in [0.5, 0.6) is 0 Å². The predicted molar refractivity (Wildman–Crippen MR) is 86.7 cm³/mol. The van der Waals surface area contributed by atoms with Crippen molar-refractivity contribution in [1.29, 1.82) is 0 Å². The fourth-order valence-corrected chi connectivity index (χ4v) is 4.54. The minimum Gasteiger partial charge on any atom is -0.211 e. The standard InChI is InChI=1S/C18H22F2S/c1-17(12-21)9-13(7-8-16(19)20)15-10-18(15,11-17)14-5-3-2-4-6-14/h2-5,12,14,16H,6-11H2,1H3. The van der Waals surface area contributed by atoms with Crippen LogP contribution in [0.4, 0.5) is 8.78 Å². The van der Waals surface area contributed by atoms with Crippen LogP contribution in [0.1, 0.15) is 45.4 Å². The van der Waals surface area contributed by atoms with Gasteiger partial charge in [-0.15, -0.1) is 0 Å². The third kappa shape index (κ3) is 2.77. The van der Waals surface area contributed by atoms with E-state index in [1.807, 2.05) is 5.37 Å². The molecule has 0 spiro atoms. The van der Waals surface area contributed by atoms with Gasteiger partial charge in [-0.3, -0.25) is 0 Å². The van der Waals surface area contributed by atoms with Crippen LogP contribution >= 0.6 is 12.2 Å². The lowest BCUT2D eigenvalue weighted by Gasteiger charge is -2.38. The molecule has 21 heavy (non-hydrogen) atoms. The summed E-state index contributed by atoms with van der Waals surface area (Å²) >= 11 is 5.27. The molecule has 3 heteroatoms. The van der Waals surface area contributed by atoms with Gasteiger partial charge in [0.15, 0.2) is 0 Å². The Bertz CT molecular complexity index is 531. The van der Waals surface area contributed by atoms with E-state index in [9.17, 15) is 8.78 Å². The first-order chi connectivity index (χ1) is 9.99. The van der Waals surface area contributed by atoms with E-state index < -0.39 is 6.43 Å². The van der Waals surface area contributed by atoms with E-state index in [2.05, 4.69) is 31.2 Å². The van der Waals surface area contributed by atoms with Gasteiger partial charge in [-0.05, 0) is 43.4 Å². The highest BCUT2D eigenvalue weighted by Gasteiger charge is 2.59. The Hall–Kier alpha value is -0.830. The van der Waals surface area contributed by atoms with Gasteiger partial charge in [-0.2, -0.15) is 0 Å². The molecular weight excluding hydrogens is 286 g/mol. The molecule has 0 nitrogen and oxygen atoms in total. The Balaban J connectivity index is 1.87. The highest BCUT2D eigenvalue weighted by atomic mass is 32.1. The van der Waals surface area contributed by atoms with Crippen LogP contribution in [0.15, 0.2) is 35.5 Å². The minimum absolute atomic E-state index is 0.0111. The van der Waals surface area contributed by atoms with Gasteiger partial charge in [-0.25, -0.2) is 8.78 Å². The van der Waals surface area contributed by atoms with E-state index in [4.69, 9.17) is 12.2 Å². The smallest absolute Gasteiger partial charge is 0.211 e. The first-order valence-corrected chi connectivity index (χ1v) is 8.25. The Kier molecular flexibility index (Phi) is 3.89. The van der Waals surface area contributed by atoms with Crippen molar-refractivity contribution in [3.63, 3.8) is 0 Å². The molecule has 0 aliphatic heterocycles. The van der Waals surface area contributed by atoms with Gasteiger partial charge < -0.3 is 0 Å². The van der Waals surface area contributed by atoms with Crippen LogP contribution in [0.3, 0.4) is 0 Å². The summed E-state index contributed by atoms with van der Waals surface area (Å²) in [6.07, 6.45) is 11.2. The maximum Gasteiger partial charge on any atom is 0.238 e. The summed E-state index contributed by atoms with van der Waals surface area (Å²) in [5.74, 6) is 0.522. The second kappa shape index (κ2) is 5.42. The summed E-state index contributed by atoms with van der Waals surface area (Å²) in [5, 5.41) is 1.88. The Labute approximate surface area is 131 Å². The molecule has 114 valence electrons. The number of alkyl halides is 2. The number of hydrogen-bond acceptors (Lipinski definition) is 1. The van der Waals surface area contributed by atoms with Gasteiger partial charge in [0.2, 0.25) is 6.43 Å². The van der Waals surface area contributed by atoms with Crippen molar-refractivity contribution in [3.8, 4) is 0 Å². The zero-order chi connectivity index (χ0) is 15.1. The monoisotopic (exact) mass is 308 g/mol. The molecule has 3 rings (SSSR count). The van der Waals surface area contributed by atoms with Crippen LogP contribution in [-0.4, -0.2) is 11.8 Å². The number of halogens is 2. The quantitative estimate of drug-likeness (QED) is 0.467. The van der Waals surface area contributed by atoms with Gasteiger partial charge in [-0.1, -0.05) is 54.6 Å². The molecule has 1 fully saturated rings. The molecule has 0 N–H and O–H groups in total. The molecular formula is C18H22F2S. The Morgan fingerprint density at radius 3 is 2.81 bits per heavy atom. The maximum atomic E-state index is 12.6. The van der Waals surface area contributed by atoms with E-state index in [-0.39, 0.29) is 17.3 Å². The third-order valence-electron chi connectivity index (χ3n) is 5.37. The predicted octanol–water partition coefficient (Wildman–Crippen LogP) is 5.65. The van der Waals surface area contributed by atoms with E-state index in [1.54, 1.807) is 0 Å². The van der Waals surface area contributed by atoms with Crippen LogP contribution in [0.2, 0.25) is 0 Å². The molecule has 0 radical (unpaired) electrons. The molecule has 0 aromatic rings. The van der Waals surface area contributed by atoms with Crippen LogP contribution in [0, 0.1) is 16.7 Å². The van der Waals surface area contributed by atoms with Gasteiger partial charge >= 0.3 is 0 Å². The summed E-state index contributed by atoms with van der Waals surface area (Å²) in [7, 11) is 0. The van der Waals surface area contributed by atoms with Crippen molar-refractivity contribution in [1.82, 2.24) is 0 Å². The van der Waals surface area contributed by atoms with Gasteiger partial charge in [0, 0.05) is 17.3 Å². The first kappa shape index (κ1) is 15.1. The summed E-state index contributed by atoms with van der Waals surface area (Å²) < 4.78 is 25.2. The Morgan fingerprint density at radius 1 is 1.38 bits per heavy atom. The number of fused-ring (bicyclic) bond motifs is 1. The second-order valence-corrected chi connectivity index (χ2v) is 7.36. The largest absolute Gasteiger partial charge is 0.238 e. The number of rotatable bonds is 5. The normalized spacial score (nSPS) is 37.8. The molecule has 0 bridgehead atoms. The van der Waals surface area contributed by atoms with Crippen molar-refractivity contribution in [2.24, 2.45) is 16.7 Å². The van der Waals surface area contributed by atoms with Crippen molar-refractivity contribution >= 4 is 17.6 Å². The van der Waals surface area contributed by atoms with Crippen LogP contribution < -0.4 is 0 Å². The van der Waals surface area contributed by atoms with Gasteiger partial charge in [0.1, 0.15) is 0 Å². The lowest BCUT2D eigenvalue weighted by Crippen LogP contribution is -2.31. The average molecular weight is 308 g/mol. The fourth-order valence-electron chi connectivity index (χ4n) is 4.38. The van der Waals surface area contributed by atoms with Crippen molar-refractivity contribution in [3.05, 3.63) is 35.5 Å². The Morgan fingerprint density at radius 2 is 2.19 bits per heavy atom. The van der Waals surface area contributed by atoms with Gasteiger partial charge in [0.25, 0.3) is 0 Å². The second-order valence-electron chi connectivity index (χ2n) is 7.13. The molecule has 0 saturated heterocycles. The average Bonchev–Trinajstić information content (AvgIpc) is 3.21. The van der Waals surface area contributed by atoms with Crippen molar-refractivity contribution < 1.29 is 8.78 Å². The first-order valence-electron chi connectivity index (χ1n) is 7.78.